The first-order valence-corrected chi connectivity index (χ1v) is 7.98. The van der Waals surface area contributed by atoms with Gasteiger partial charge >= 0.3 is 0 Å². The van der Waals surface area contributed by atoms with E-state index in [1.807, 2.05) is 13.0 Å². The number of carbonyl (C=O) groups is 1. The molecule has 1 aliphatic heterocycles. The summed E-state index contributed by atoms with van der Waals surface area (Å²) in [5, 5.41) is 0.408. The summed E-state index contributed by atoms with van der Waals surface area (Å²) >= 11 is 5.99. The summed E-state index contributed by atoms with van der Waals surface area (Å²) in [5.74, 6) is 0.842. The molecule has 3 rings (SSSR count). The standard InChI is InChI=1S/C16H21ClN2O/c1-11-9-13(10-15(17)18-11)16(20)19-8-4-6-12-5-2-3-7-14(12)19/h9-10,12,14H,2-8H2,1H3/t12-,14-/m1/s1. The predicted octanol–water partition coefficient (Wildman–Crippen LogP) is 3.84. The van der Waals surface area contributed by atoms with Crippen molar-refractivity contribution in [3.05, 3.63) is 28.5 Å². The predicted molar refractivity (Wildman–Crippen MR) is 80.0 cm³/mol. The topological polar surface area (TPSA) is 33.2 Å². The average molecular weight is 293 g/mol. The number of piperidine rings is 1. The number of hydrogen-bond acceptors (Lipinski definition) is 2. The van der Waals surface area contributed by atoms with Crippen LogP contribution in [0.1, 0.15) is 54.6 Å². The molecule has 0 radical (unpaired) electrons. The summed E-state index contributed by atoms with van der Waals surface area (Å²) in [6, 6.07) is 3.99. The molecule has 0 N–H and O–H groups in total. The molecule has 1 aromatic rings. The molecular weight excluding hydrogens is 272 g/mol. The normalized spacial score (nSPS) is 26.2. The number of likely N-dealkylation sites (tertiary alicyclic amines) is 1. The lowest BCUT2D eigenvalue weighted by molar-refractivity contribution is 0.0390. The molecule has 108 valence electrons. The van der Waals surface area contributed by atoms with Gasteiger partial charge in [0.05, 0.1) is 0 Å². The minimum atomic E-state index is 0.133. The van der Waals surface area contributed by atoms with E-state index in [4.69, 9.17) is 11.6 Å². The van der Waals surface area contributed by atoms with Crippen LogP contribution in [0.4, 0.5) is 0 Å². The van der Waals surface area contributed by atoms with Crippen LogP contribution in [0.5, 0.6) is 0 Å². The number of rotatable bonds is 1. The second-order valence-electron chi connectivity index (χ2n) is 6.07. The summed E-state index contributed by atoms with van der Waals surface area (Å²) in [7, 11) is 0. The number of fused-ring (bicyclic) bond motifs is 1. The molecule has 1 amide bonds. The minimum absolute atomic E-state index is 0.133. The molecule has 0 bridgehead atoms. The molecule has 2 fully saturated rings. The number of aromatic nitrogens is 1. The van der Waals surface area contributed by atoms with Crippen LogP contribution >= 0.6 is 11.6 Å². The zero-order valence-electron chi connectivity index (χ0n) is 11.9. The lowest BCUT2D eigenvalue weighted by Crippen LogP contribution is -2.49. The van der Waals surface area contributed by atoms with Gasteiger partial charge in [0.2, 0.25) is 0 Å². The molecule has 0 spiro atoms. The third kappa shape index (κ3) is 2.69. The van der Waals surface area contributed by atoms with Crippen LogP contribution in [-0.2, 0) is 0 Å². The minimum Gasteiger partial charge on any atom is -0.335 e. The maximum Gasteiger partial charge on any atom is 0.254 e. The SMILES string of the molecule is Cc1cc(C(=O)N2CCC[C@H]3CCCC[C@H]32)cc(Cl)n1. The molecule has 1 saturated heterocycles. The lowest BCUT2D eigenvalue weighted by atomic mass is 9.78. The van der Waals surface area contributed by atoms with Crippen molar-refractivity contribution in [1.29, 1.82) is 0 Å². The molecule has 20 heavy (non-hydrogen) atoms. The zero-order valence-corrected chi connectivity index (χ0v) is 12.7. The fraction of sp³-hybridized carbons (Fsp3) is 0.625. The van der Waals surface area contributed by atoms with E-state index < -0.39 is 0 Å². The molecular formula is C16H21ClN2O. The summed E-state index contributed by atoms with van der Waals surface area (Å²) in [4.78, 5) is 19.0. The number of amides is 1. The molecule has 2 heterocycles. The largest absolute Gasteiger partial charge is 0.335 e. The van der Waals surface area contributed by atoms with Crippen LogP contribution in [-0.4, -0.2) is 28.4 Å². The molecule has 4 heteroatoms. The summed E-state index contributed by atoms with van der Waals surface area (Å²) in [6.45, 7) is 2.77. The van der Waals surface area contributed by atoms with Crippen LogP contribution in [0.25, 0.3) is 0 Å². The Morgan fingerprint density at radius 3 is 2.80 bits per heavy atom. The number of hydrogen-bond donors (Lipinski definition) is 0. The van der Waals surface area contributed by atoms with E-state index in [1.54, 1.807) is 6.07 Å². The van der Waals surface area contributed by atoms with Crippen molar-refractivity contribution in [2.45, 2.75) is 51.5 Å². The maximum atomic E-state index is 12.8. The molecule has 1 aromatic heterocycles. The van der Waals surface area contributed by atoms with Crippen LogP contribution in [0.2, 0.25) is 5.15 Å². The van der Waals surface area contributed by atoms with E-state index in [9.17, 15) is 4.79 Å². The van der Waals surface area contributed by atoms with Crippen LogP contribution in [0.15, 0.2) is 12.1 Å². The van der Waals surface area contributed by atoms with E-state index in [0.717, 1.165) is 25.1 Å². The Bertz CT molecular complexity index is 495. The summed E-state index contributed by atoms with van der Waals surface area (Å²) in [5.41, 5.74) is 1.49. The number of aryl methyl sites for hydroxylation is 1. The van der Waals surface area contributed by atoms with E-state index in [-0.39, 0.29) is 5.91 Å². The van der Waals surface area contributed by atoms with Crippen molar-refractivity contribution < 1.29 is 4.79 Å². The average Bonchev–Trinajstić information content (AvgIpc) is 2.45. The van der Waals surface area contributed by atoms with Crippen molar-refractivity contribution in [2.75, 3.05) is 6.54 Å². The fourth-order valence-corrected chi connectivity index (χ4v) is 4.05. The number of pyridine rings is 1. The van der Waals surface area contributed by atoms with E-state index in [2.05, 4.69) is 9.88 Å². The van der Waals surface area contributed by atoms with E-state index in [0.29, 0.717) is 22.7 Å². The van der Waals surface area contributed by atoms with Gasteiger partial charge in [0.15, 0.2) is 0 Å². The number of halogens is 1. The van der Waals surface area contributed by atoms with Crippen molar-refractivity contribution >= 4 is 17.5 Å². The van der Waals surface area contributed by atoms with Gasteiger partial charge in [-0.1, -0.05) is 24.4 Å². The molecule has 0 unspecified atom stereocenters. The molecule has 1 aliphatic carbocycles. The maximum absolute atomic E-state index is 12.8. The smallest absolute Gasteiger partial charge is 0.254 e. The van der Waals surface area contributed by atoms with Gasteiger partial charge in [0.1, 0.15) is 5.15 Å². The first-order valence-electron chi connectivity index (χ1n) is 7.60. The van der Waals surface area contributed by atoms with E-state index >= 15 is 0 Å². The van der Waals surface area contributed by atoms with Crippen LogP contribution in [0, 0.1) is 12.8 Å². The Balaban J connectivity index is 1.84. The number of nitrogens with zero attached hydrogens (tertiary/aromatic N) is 2. The second kappa shape index (κ2) is 5.72. The van der Waals surface area contributed by atoms with Gasteiger partial charge in [0, 0.05) is 23.8 Å². The summed E-state index contributed by atoms with van der Waals surface area (Å²) in [6.07, 6.45) is 7.43. The van der Waals surface area contributed by atoms with Crippen molar-refractivity contribution in [2.24, 2.45) is 5.92 Å². The molecule has 3 nitrogen and oxygen atoms in total. The Morgan fingerprint density at radius 1 is 1.25 bits per heavy atom. The highest BCUT2D eigenvalue weighted by Gasteiger charge is 2.36. The van der Waals surface area contributed by atoms with Gasteiger partial charge < -0.3 is 4.90 Å². The van der Waals surface area contributed by atoms with Gasteiger partial charge in [-0.05, 0) is 50.7 Å². The Hall–Kier alpha value is -1.09. The molecule has 0 aromatic carbocycles. The Morgan fingerprint density at radius 2 is 2.00 bits per heavy atom. The highest BCUT2D eigenvalue weighted by atomic mass is 35.5. The van der Waals surface area contributed by atoms with Crippen molar-refractivity contribution in [3.8, 4) is 0 Å². The second-order valence-corrected chi connectivity index (χ2v) is 6.46. The molecule has 2 atom stereocenters. The Kier molecular flexibility index (Phi) is 3.97. The first kappa shape index (κ1) is 13.9. The summed E-state index contributed by atoms with van der Waals surface area (Å²) < 4.78 is 0. The van der Waals surface area contributed by atoms with Crippen LogP contribution < -0.4 is 0 Å². The first-order chi connectivity index (χ1) is 9.65. The third-order valence-corrected chi connectivity index (χ3v) is 4.87. The fourth-order valence-electron chi connectivity index (χ4n) is 3.79. The van der Waals surface area contributed by atoms with Crippen molar-refractivity contribution in [1.82, 2.24) is 9.88 Å². The monoisotopic (exact) mass is 292 g/mol. The van der Waals surface area contributed by atoms with Gasteiger partial charge in [0.25, 0.3) is 5.91 Å². The quantitative estimate of drug-likeness (QED) is 0.737. The van der Waals surface area contributed by atoms with Gasteiger partial charge in [-0.25, -0.2) is 4.98 Å². The van der Waals surface area contributed by atoms with Crippen LogP contribution in [0.3, 0.4) is 0 Å². The third-order valence-electron chi connectivity index (χ3n) is 4.67. The van der Waals surface area contributed by atoms with Gasteiger partial charge in [-0.15, -0.1) is 0 Å². The molecule has 1 saturated carbocycles. The Labute approximate surface area is 125 Å². The van der Waals surface area contributed by atoms with Gasteiger partial charge in [-0.3, -0.25) is 4.79 Å². The highest BCUT2D eigenvalue weighted by Crippen LogP contribution is 2.36. The highest BCUT2D eigenvalue weighted by molar-refractivity contribution is 6.29. The number of carbonyl (C=O) groups excluding carboxylic acids is 1. The van der Waals surface area contributed by atoms with Crippen molar-refractivity contribution in [3.63, 3.8) is 0 Å². The lowest BCUT2D eigenvalue weighted by Gasteiger charge is -2.44. The zero-order chi connectivity index (χ0) is 14.1. The molecule has 2 aliphatic rings. The van der Waals surface area contributed by atoms with E-state index in [1.165, 1.54) is 25.7 Å². The van der Waals surface area contributed by atoms with Gasteiger partial charge in [-0.2, -0.15) is 0 Å².